The number of amides is 1. The van der Waals surface area contributed by atoms with Crippen molar-refractivity contribution in [3.05, 3.63) is 81.7 Å². The largest absolute Gasteiger partial charge is 0.351 e. The molecule has 2 aromatic carbocycles. The number of likely N-dealkylation sites (N-methyl/N-ethyl adjacent to an activating group) is 1. The van der Waals surface area contributed by atoms with Crippen molar-refractivity contribution in [2.24, 2.45) is 0 Å². The van der Waals surface area contributed by atoms with Gasteiger partial charge in [0, 0.05) is 18.7 Å². The number of para-hydroxylation sites is 1. The van der Waals surface area contributed by atoms with Gasteiger partial charge in [0.2, 0.25) is 5.91 Å². The van der Waals surface area contributed by atoms with Gasteiger partial charge in [-0.05, 0) is 43.9 Å². The van der Waals surface area contributed by atoms with Crippen LogP contribution in [-0.4, -0.2) is 36.4 Å². The molecule has 0 spiro atoms. The Morgan fingerprint density at radius 1 is 1.27 bits per heavy atom. The maximum Gasteiger partial charge on any atom is 0.276 e. The predicted molar refractivity (Wildman–Crippen MR) is 98.0 cm³/mol. The van der Waals surface area contributed by atoms with E-state index in [1.54, 1.807) is 30.3 Å². The lowest BCUT2D eigenvalue weighted by Gasteiger charge is -2.24. The maximum atomic E-state index is 13.4. The van der Waals surface area contributed by atoms with Crippen LogP contribution in [0.1, 0.15) is 17.2 Å². The molecule has 136 valence electrons. The first-order chi connectivity index (χ1) is 12.4. The van der Waals surface area contributed by atoms with E-state index in [4.69, 9.17) is 0 Å². The average molecular weight is 357 g/mol. The number of nitrogens with one attached hydrogen (secondary N) is 1. The van der Waals surface area contributed by atoms with Crippen molar-refractivity contribution in [2.45, 2.75) is 6.04 Å². The molecule has 0 saturated carbocycles. The van der Waals surface area contributed by atoms with Crippen LogP contribution in [0.15, 0.2) is 54.6 Å². The molecule has 0 fully saturated rings. The highest BCUT2D eigenvalue weighted by Gasteiger charge is 2.15. The number of carbonyl (C=O) groups excluding carboxylic acids is 1. The van der Waals surface area contributed by atoms with Crippen LogP contribution in [0.25, 0.3) is 6.08 Å². The van der Waals surface area contributed by atoms with E-state index in [1.807, 2.05) is 19.0 Å². The standard InChI is InChI=1S/C19H20FN3O3/c1-22(2)18(15-7-5-8-16(20)12-15)13-21-19(24)11-10-14-6-3-4-9-17(14)23(25)26/h3-12,18H,13H2,1-2H3,(H,21,24)/b11-10+. The van der Waals surface area contributed by atoms with Gasteiger partial charge in [0.1, 0.15) is 5.82 Å². The summed E-state index contributed by atoms with van der Waals surface area (Å²) in [4.78, 5) is 24.4. The van der Waals surface area contributed by atoms with E-state index in [1.165, 1.54) is 30.4 Å². The van der Waals surface area contributed by atoms with Crippen molar-refractivity contribution in [1.82, 2.24) is 10.2 Å². The number of benzene rings is 2. The number of nitro groups is 1. The first kappa shape index (κ1) is 19.3. The molecule has 0 aliphatic heterocycles. The molecule has 1 unspecified atom stereocenters. The molecule has 0 bridgehead atoms. The van der Waals surface area contributed by atoms with Crippen LogP contribution in [-0.2, 0) is 4.79 Å². The number of nitrogens with zero attached hydrogens (tertiary/aromatic N) is 2. The summed E-state index contributed by atoms with van der Waals surface area (Å²) in [7, 11) is 3.68. The lowest BCUT2D eigenvalue weighted by atomic mass is 10.1. The van der Waals surface area contributed by atoms with Crippen LogP contribution in [0.4, 0.5) is 10.1 Å². The van der Waals surface area contributed by atoms with Gasteiger partial charge in [-0.3, -0.25) is 14.9 Å². The van der Waals surface area contributed by atoms with Crippen LogP contribution in [0, 0.1) is 15.9 Å². The molecule has 2 rings (SSSR count). The third-order valence-corrected chi connectivity index (χ3v) is 3.87. The van der Waals surface area contributed by atoms with Crippen molar-refractivity contribution >= 4 is 17.7 Å². The zero-order chi connectivity index (χ0) is 19.1. The first-order valence-corrected chi connectivity index (χ1v) is 7.99. The van der Waals surface area contributed by atoms with Gasteiger partial charge in [0.05, 0.1) is 16.5 Å². The van der Waals surface area contributed by atoms with Crippen molar-refractivity contribution in [3.8, 4) is 0 Å². The zero-order valence-electron chi connectivity index (χ0n) is 14.6. The molecule has 26 heavy (non-hydrogen) atoms. The third kappa shape index (κ3) is 5.22. The second-order valence-corrected chi connectivity index (χ2v) is 5.93. The normalized spacial score (nSPS) is 12.3. The van der Waals surface area contributed by atoms with Crippen molar-refractivity contribution in [3.63, 3.8) is 0 Å². The maximum absolute atomic E-state index is 13.4. The fourth-order valence-electron chi connectivity index (χ4n) is 2.53. The average Bonchev–Trinajstić information content (AvgIpc) is 2.60. The summed E-state index contributed by atoms with van der Waals surface area (Å²) in [5.74, 6) is -0.719. The first-order valence-electron chi connectivity index (χ1n) is 7.99. The Balaban J connectivity index is 2.04. The third-order valence-electron chi connectivity index (χ3n) is 3.87. The molecule has 1 atom stereocenters. The molecule has 0 aliphatic rings. The highest BCUT2D eigenvalue weighted by atomic mass is 19.1. The quantitative estimate of drug-likeness (QED) is 0.469. The fraction of sp³-hybridized carbons (Fsp3) is 0.211. The molecule has 1 amide bonds. The Morgan fingerprint density at radius 3 is 2.65 bits per heavy atom. The van der Waals surface area contributed by atoms with Crippen LogP contribution in [0.5, 0.6) is 0 Å². The van der Waals surface area contributed by atoms with Gasteiger partial charge in [-0.1, -0.05) is 24.3 Å². The molecule has 0 aliphatic carbocycles. The predicted octanol–water partition coefficient (Wildman–Crippen LogP) is 3.17. The number of carbonyl (C=O) groups is 1. The minimum atomic E-state index is -0.496. The number of rotatable bonds is 7. The molecule has 0 aromatic heterocycles. The van der Waals surface area contributed by atoms with Crippen molar-refractivity contribution in [1.29, 1.82) is 0 Å². The molecule has 6 nitrogen and oxygen atoms in total. The highest BCUT2D eigenvalue weighted by Crippen LogP contribution is 2.20. The minimum Gasteiger partial charge on any atom is -0.351 e. The Kier molecular flexibility index (Phi) is 6.57. The second kappa shape index (κ2) is 8.87. The van der Waals surface area contributed by atoms with Crippen LogP contribution < -0.4 is 5.32 Å². The van der Waals surface area contributed by atoms with E-state index >= 15 is 0 Å². The minimum absolute atomic E-state index is 0.0671. The van der Waals surface area contributed by atoms with E-state index < -0.39 is 4.92 Å². The SMILES string of the molecule is CN(C)C(CNC(=O)/C=C/c1ccccc1[N+](=O)[O-])c1cccc(F)c1. The molecule has 0 radical (unpaired) electrons. The van der Waals surface area contributed by atoms with E-state index in [0.717, 1.165) is 5.56 Å². The van der Waals surface area contributed by atoms with Gasteiger partial charge in [-0.2, -0.15) is 0 Å². The summed E-state index contributed by atoms with van der Waals surface area (Å²) in [5.41, 5.74) is 1.03. The van der Waals surface area contributed by atoms with Gasteiger partial charge in [-0.15, -0.1) is 0 Å². The summed E-state index contributed by atoms with van der Waals surface area (Å²) in [6, 6.07) is 12.2. The molecule has 1 N–H and O–H groups in total. The zero-order valence-corrected chi connectivity index (χ0v) is 14.6. The Hall–Kier alpha value is -3.06. The topological polar surface area (TPSA) is 75.5 Å². The number of halogens is 1. The van der Waals surface area contributed by atoms with Gasteiger partial charge in [0.25, 0.3) is 5.69 Å². The smallest absolute Gasteiger partial charge is 0.276 e. The summed E-state index contributed by atoms with van der Waals surface area (Å²) in [6.45, 7) is 0.274. The Morgan fingerprint density at radius 2 is 2.00 bits per heavy atom. The van der Waals surface area contributed by atoms with Gasteiger partial charge >= 0.3 is 0 Å². The molecular formula is C19H20FN3O3. The molecule has 0 saturated heterocycles. The molecule has 2 aromatic rings. The molecule has 7 heteroatoms. The lowest BCUT2D eigenvalue weighted by molar-refractivity contribution is -0.385. The fourth-order valence-corrected chi connectivity index (χ4v) is 2.53. The number of hydrogen-bond donors (Lipinski definition) is 1. The van der Waals surface area contributed by atoms with Crippen molar-refractivity contribution in [2.75, 3.05) is 20.6 Å². The molecular weight excluding hydrogens is 337 g/mol. The summed E-state index contributed by atoms with van der Waals surface area (Å²) >= 11 is 0. The molecule has 0 heterocycles. The Bertz CT molecular complexity index is 821. The van der Waals surface area contributed by atoms with E-state index in [9.17, 15) is 19.3 Å². The van der Waals surface area contributed by atoms with E-state index in [-0.39, 0.29) is 30.0 Å². The summed E-state index contributed by atoms with van der Waals surface area (Å²) < 4.78 is 13.4. The van der Waals surface area contributed by atoms with Crippen LogP contribution in [0.2, 0.25) is 0 Å². The summed E-state index contributed by atoms with van der Waals surface area (Å²) in [6.07, 6.45) is 2.65. The number of nitro benzene ring substituents is 1. The number of hydrogen-bond acceptors (Lipinski definition) is 4. The Labute approximate surface area is 151 Å². The highest BCUT2D eigenvalue weighted by molar-refractivity contribution is 5.92. The summed E-state index contributed by atoms with van der Waals surface area (Å²) in [5, 5.41) is 13.7. The lowest BCUT2D eigenvalue weighted by Crippen LogP contribution is -2.33. The van der Waals surface area contributed by atoms with Gasteiger partial charge in [0.15, 0.2) is 0 Å². The monoisotopic (exact) mass is 357 g/mol. The van der Waals surface area contributed by atoms with E-state index in [0.29, 0.717) is 5.56 Å². The van der Waals surface area contributed by atoms with Gasteiger partial charge in [-0.25, -0.2) is 4.39 Å². The van der Waals surface area contributed by atoms with Crippen LogP contribution in [0.3, 0.4) is 0 Å². The second-order valence-electron chi connectivity index (χ2n) is 5.93. The van der Waals surface area contributed by atoms with Crippen LogP contribution >= 0.6 is 0 Å². The van der Waals surface area contributed by atoms with Crippen molar-refractivity contribution < 1.29 is 14.1 Å². The van der Waals surface area contributed by atoms with E-state index in [2.05, 4.69) is 5.32 Å². The van der Waals surface area contributed by atoms with Gasteiger partial charge < -0.3 is 10.2 Å².